The fraction of sp³-hybridized carbons (Fsp3) is 0.409. The summed E-state index contributed by atoms with van der Waals surface area (Å²) in [6.45, 7) is 4.86. The Morgan fingerprint density at radius 1 is 1.21 bits per heavy atom. The number of rotatable bonds is 7. The predicted molar refractivity (Wildman–Crippen MR) is 109 cm³/mol. The van der Waals surface area contributed by atoms with Gasteiger partial charge in [-0.1, -0.05) is 37.3 Å². The Morgan fingerprint density at radius 3 is 2.75 bits per heavy atom. The first-order chi connectivity index (χ1) is 13.6. The van der Waals surface area contributed by atoms with E-state index in [1.165, 1.54) is 0 Å². The summed E-state index contributed by atoms with van der Waals surface area (Å²) in [5.74, 6) is -0.396. The van der Waals surface area contributed by atoms with Crippen LogP contribution in [0.2, 0.25) is 0 Å². The highest BCUT2D eigenvalue weighted by Gasteiger charge is 2.31. The van der Waals surface area contributed by atoms with Crippen molar-refractivity contribution in [1.29, 1.82) is 0 Å². The zero-order valence-corrected chi connectivity index (χ0v) is 16.4. The molecule has 6 heteroatoms. The van der Waals surface area contributed by atoms with Crippen LogP contribution in [-0.4, -0.2) is 59.3 Å². The zero-order valence-electron chi connectivity index (χ0n) is 16.4. The van der Waals surface area contributed by atoms with Crippen LogP contribution in [0, 0.1) is 5.92 Å². The minimum Gasteiger partial charge on any atom is -0.369 e. The number of amides is 2. The van der Waals surface area contributed by atoms with E-state index in [4.69, 9.17) is 5.73 Å². The molecule has 3 rings (SSSR count). The van der Waals surface area contributed by atoms with Crippen LogP contribution in [0.3, 0.4) is 0 Å². The highest BCUT2D eigenvalue weighted by atomic mass is 16.2. The molecule has 1 aliphatic rings. The molecule has 2 N–H and O–H groups in total. The first kappa shape index (κ1) is 20.0. The molecule has 0 radical (unpaired) electrons. The smallest absolute Gasteiger partial charge is 0.231 e. The van der Waals surface area contributed by atoms with Crippen molar-refractivity contribution < 1.29 is 9.59 Å². The average molecular weight is 380 g/mol. The van der Waals surface area contributed by atoms with E-state index in [2.05, 4.69) is 24.0 Å². The van der Waals surface area contributed by atoms with Gasteiger partial charge in [0.05, 0.1) is 12.5 Å². The molecule has 1 fully saturated rings. The Kier molecular flexibility index (Phi) is 6.76. The minimum absolute atomic E-state index is 0.162. The highest BCUT2D eigenvalue weighted by molar-refractivity contribution is 5.81. The standard InChI is InChI=1S/C22H28N4O2/c1-2-10-26-12-11-25(16-21(23)27)15-19(22(26)28)13-17-6-3-4-8-20(17)18-7-5-9-24-14-18/h3-9,14,19H,2,10-13,15-16H2,1H3,(H2,23,27)/t19-/m1/s1. The van der Waals surface area contributed by atoms with E-state index >= 15 is 0 Å². The van der Waals surface area contributed by atoms with E-state index in [-0.39, 0.29) is 24.3 Å². The summed E-state index contributed by atoms with van der Waals surface area (Å²) in [7, 11) is 0. The van der Waals surface area contributed by atoms with Crippen LogP contribution in [0.4, 0.5) is 0 Å². The van der Waals surface area contributed by atoms with Gasteiger partial charge in [0, 0.05) is 44.1 Å². The molecule has 0 saturated carbocycles. The number of nitrogens with two attached hydrogens (primary N) is 1. The van der Waals surface area contributed by atoms with Gasteiger partial charge in [-0.15, -0.1) is 0 Å². The second-order valence-corrected chi connectivity index (χ2v) is 7.33. The second-order valence-electron chi connectivity index (χ2n) is 7.33. The molecule has 0 unspecified atom stereocenters. The van der Waals surface area contributed by atoms with Gasteiger partial charge in [0.25, 0.3) is 0 Å². The lowest BCUT2D eigenvalue weighted by atomic mass is 9.91. The molecular formula is C22H28N4O2. The van der Waals surface area contributed by atoms with Gasteiger partial charge in [-0.3, -0.25) is 19.5 Å². The van der Waals surface area contributed by atoms with Gasteiger partial charge in [-0.25, -0.2) is 0 Å². The number of primary amides is 1. The lowest BCUT2D eigenvalue weighted by molar-refractivity contribution is -0.134. The number of aromatic nitrogens is 1. The molecule has 2 amide bonds. The number of pyridine rings is 1. The fourth-order valence-electron chi connectivity index (χ4n) is 3.89. The maximum absolute atomic E-state index is 13.2. The lowest BCUT2D eigenvalue weighted by Crippen LogP contribution is -2.38. The number of nitrogens with zero attached hydrogens (tertiary/aromatic N) is 3. The molecular weight excluding hydrogens is 352 g/mol. The van der Waals surface area contributed by atoms with Crippen molar-refractivity contribution in [1.82, 2.24) is 14.8 Å². The summed E-state index contributed by atoms with van der Waals surface area (Å²) in [5.41, 5.74) is 8.67. The Hall–Kier alpha value is -2.73. The van der Waals surface area contributed by atoms with Crippen molar-refractivity contribution in [2.24, 2.45) is 11.7 Å². The van der Waals surface area contributed by atoms with Gasteiger partial charge >= 0.3 is 0 Å². The van der Waals surface area contributed by atoms with Gasteiger partial charge in [-0.2, -0.15) is 0 Å². The number of benzene rings is 1. The van der Waals surface area contributed by atoms with Gasteiger partial charge in [0.2, 0.25) is 11.8 Å². The number of hydrogen-bond acceptors (Lipinski definition) is 4. The van der Waals surface area contributed by atoms with Crippen molar-refractivity contribution in [2.45, 2.75) is 19.8 Å². The SMILES string of the molecule is CCCN1CCN(CC(N)=O)C[C@@H](Cc2ccccc2-c2cccnc2)C1=O. The van der Waals surface area contributed by atoms with Crippen LogP contribution < -0.4 is 5.73 Å². The molecule has 1 saturated heterocycles. The van der Waals surface area contributed by atoms with E-state index in [0.29, 0.717) is 26.1 Å². The highest BCUT2D eigenvalue weighted by Crippen LogP contribution is 2.26. The molecule has 148 valence electrons. The Bertz CT molecular complexity index is 809. The van der Waals surface area contributed by atoms with E-state index in [1.807, 2.05) is 40.3 Å². The molecule has 1 aliphatic heterocycles. The summed E-state index contributed by atoms with van der Waals surface area (Å²) in [6, 6.07) is 12.1. The number of hydrogen-bond donors (Lipinski definition) is 1. The summed E-state index contributed by atoms with van der Waals surface area (Å²) in [6.07, 6.45) is 5.14. The van der Waals surface area contributed by atoms with Crippen molar-refractivity contribution in [3.05, 3.63) is 54.4 Å². The van der Waals surface area contributed by atoms with Crippen LogP contribution in [0.15, 0.2) is 48.8 Å². The third-order valence-corrected chi connectivity index (χ3v) is 5.15. The van der Waals surface area contributed by atoms with E-state index < -0.39 is 0 Å². The molecule has 2 heterocycles. The summed E-state index contributed by atoms with van der Waals surface area (Å²) < 4.78 is 0. The third kappa shape index (κ3) is 4.95. The molecule has 1 atom stereocenters. The third-order valence-electron chi connectivity index (χ3n) is 5.15. The lowest BCUT2D eigenvalue weighted by Gasteiger charge is -2.24. The molecule has 6 nitrogen and oxygen atoms in total. The van der Waals surface area contributed by atoms with Crippen LogP contribution in [-0.2, 0) is 16.0 Å². The van der Waals surface area contributed by atoms with E-state index in [0.717, 1.165) is 29.7 Å². The van der Waals surface area contributed by atoms with E-state index in [9.17, 15) is 9.59 Å². The monoisotopic (exact) mass is 380 g/mol. The van der Waals surface area contributed by atoms with Gasteiger partial charge in [0.15, 0.2) is 0 Å². The quantitative estimate of drug-likeness (QED) is 0.796. The van der Waals surface area contributed by atoms with Crippen LogP contribution in [0.25, 0.3) is 11.1 Å². The summed E-state index contributed by atoms with van der Waals surface area (Å²) in [5, 5.41) is 0. The largest absolute Gasteiger partial charge is 0.369 e. The molecule has 1 aromatic carbocycles. The van der Waals surface area contributed by atoms with Gasteiger partial charge < -0.3 is 10.6 Å². The predicted octanol–water partition coefficient (Wildman–Crippen LogP) is 1.95. The number of carbonyl (C=O) groups excluding carboxylic acids is 2. The normalized spacial score (nSPS) is 18.1. The zero-order chi connectivity index (χ0) is 19.9. The van der Waals surface area contributed by atoms with Gasteiger partial charge in [-0.05, 0) is 30.0 Å². The van der Waals surface area contributed by atoms with Crippen molar-refractivity contribution in [3.63, 3.8) is 0 Å². The Labute approximate surface area is 166 Å². The first-order valence-corrected chi connectivity index (χ1v) is 9.86. The topological polar surface area (TPSA) is 79.5 Å². The minimum atomic E-state index is -0.356. The average Bonchev–Trinajstić information content (AvgIpc) is 2.83. The summed E-state index contributed by atoms with van der Waals surface area (Å²) in [4.78, 5) is 32.8. The molecule has 0 spiro atoms. The van der Waals surface area contributed by atoms with Gasteiger partial charge in [0.1, 0.15) is 0 Å². The van der Waals surface area contributed by atoms with E-state index in [1.54, 1.807) is 6.20 Å². The Balaban J connectivity index is 1.87. The Morgan fingerprint density at radius 2 is 2.04 bits per heavy atom. The van der Waals surface area contributed by atoms with Crippen LogP contribution in [0.1, 0.15) is 18.9 Å². The number of carbonyl (C=O) groups is 2. The maximum Gasteiger partial charge on any atom is 0.231 e. The van der Waals surface area contributed by atoms with Crippen LogP contribution in [0.5, 0.6) is 0 Å². The molecule has 0 aliphatic carbocycles. The molecule has 0 bridgehead atoms. The summed E-state index contributed by atoms with van der Waals surface area (Å²) >= 11 is 0. The first-order valence-electron chi connectivity index (χ1n) is 9.86. The maximum atomic E-state index is 13.2. The van der Waals surface area contributed by atoms with Crippen molar-refractivity contribution >= 4 is 11.8 Å². The molecule has 2 aromatic rings. The van der Waals surface area contributed by atoms with Crippen LogP contribution >= 0.6 is 0 Å². The second kappa shape index (κ2) is 9.46. The molecule has 28 heavy (non-hydrogen) atoms. The fourth-order valence-corrected chi connectivity index (χ4v) is 3.89. The van der Waals surface area contributed by atoms with Crippen molar-refractivity contribution in [2.75, 3.05) is 32.7 Å². The molecule has 1 aromatic heterocycles. The van der Waals surface area contributed by atoms with Crippen molar-refractivity contribution in [3.8, 4) is 11.1 Å².